The minimum absolute atomic E-state index is 0.361. The average molecular weight is 261 g/mol. The van der Waals surface area contributed by atoms with Crippen LogP contribution in [-0.4, -0.2) is 33.1 Å². The van der Waals surface area contributed by atoms with Crippen LogP contribution in [0.15, 0.2) is 18.3 Å². The molecule has 2 rings (SSSR count). The second kappa shape index (κ2) is 6.72. The molecule has 0 unspecified atom stereocenters. The van der Waals surface area contributed by atoms with Gasteiger partial charge in [-0.15, -0.1) is 0 Å². The molecular formula is C13H19N5O. The lowest BCUT2D eigenvalue weighted by Gasteiger charge is -2.08. The van der Waals surface area contributed by atoms with E-state index in [1.54, 1.807) is 0 Å². The Hall–Kier alpha value is -2.11. The fraction of sp³-hybridized carbons (Fsp3) is 0.462. The van der Waals surface area contributed by atoms with Gasteiger partial charge in [-0.3, -0.25) is 0 Å². The standard InChI is InChI=1S/C13H19N5O/c1-3-7-15-12-16-11(10-6-5-8-14-10)17-13(18-12)19-9-4-2/h5-6,8,14H,3-4,7,9H2,1-2H3,(H,15,16,17,18). The number of nitrogens with zero attached hydrogens (tertiary/aromatic N) is 3. The maximum absolute atomic E-state index is 5.50. The van der Waals surface area contributed by atoms with Gasteiger partial charge in [-0.1, -0.05) is 13.8 Å². The predicted molar refractivity (Wildman–Crippen MR) is 74.2 cm³/mol. The van der Waals surface area contributed by atoms with Gasteiger partial charge in [-0.25, -0.2) is 0 Å². The molecule has 0 aliphatic rings. The lowest BCUT2D eigenvalue weighted by molar-refractivity contribution is 0.292. The first-order chi connectivity index (χ1) is 9.33. The average Bonchev–Trinajstić information content (AvgIpc) is 2.97. The van der Waals surface area contributed by atoms with Crippen molar-refractivity contribution in [3.8, 4) is 17.5 Å². The summed E-state index contributed by atoms with van der Waals surface area (Å²) in [5.74, 6) is 1.14. The van der Waals surface area contributed by atoms with Crippen molar-refractivity contribution in [1.82, 2.24) is 19.9 Å². The molecule has 0 bridgehead atoms. The molecule has 0 amide bonds. The Balaban J connectivity index is 2.25. The van der Waals surface area contributed by atoms with Gasteiger partial charge >= 0.3 is 6.01 Å². The van der Waals surface area contributed by atoms with Gasteiger partial charge < -0.3 is 15.0 Å². The SMILES string of the molecule is CCCNc1nc(OCCC)nc(-c2ccc[nH]2)n1. The molecule has 2 N–H and O–H groups in total. The Morgan fingerprint density at radius 1 is 1.21 bits per heavy atom. The second-order valence-electron chi connectivity index (χ2n) is 4.12. The summed E-state index contributed by atoms with van der Waals surface area (Å²) in [6.07, 6.45) is 3.76. The molecule has 0 saturated heterocycles. The number of aromatic amines is 1. The summed E-state index contributed by atoms with van der Waals surface area (Å²) in [5.41, 5.74) is 0.850. The molecule has 2 heterocycles. The highest BCUT2D eigenvalue weighted by atomic mass is 16.5. The van der Waals surface area contributed by atoms with Crippen LogP contribution >= 0.6 is 0 Å². The molecule has 2 aromatic heterocycles. The molecule has 6 nitrogen and oxygen atoms in total. The molecule has 6 heteroatoms. The molecule has 0 saturated carbocycles. The monoisotopic (exact) mass is 261 g/mol. The highest BCUT2D eigenvalue weighted by molar-refractivity contribution is 5.51. The van der Waals surface area contributed by atoms with E-state index < -0.39 is 0 Å². The number of H-pyrrole nitrogens is 1. The number of rotatable bonds is 7. The van der Waals surface area contributed by atoms with Gasteiger partial charge in [0.05, 0.1) is 12.3 Å². The molecule has 0 radical (unpaired) electrons. The van der Waals surface area contributed by atoms with Gasteiger partial charge in [0.1, 0.15) is 0 Å². The summed E-state index contributed by atoms with van der Waals surface area (Å²) < 4.78 is 5.50. The smallest absolute Gasteiger partial charge is 0.321 e. The molecule has 0 atom stereocenters. The maximum atomic E-state index is 5.50. The number of ether oxygens (including phenoxy) is 1. The summed E-state index contributed by atoms with van der Waals surface area (Å²) in [6.45, 7) is 5.56. The van der Waals surface area contributed by atoms with Crippen LogP contribution in [0.2, 0.25) is 0 Å². The number of hydrogen-bond acceptors (Lipinski definition) is 5. The van der Waals surface area contributed by atoms with Crippen molar-refractivity contribution in [2.45, 2.75) is 26.7 Å². The Bertz CT molecular complexity index is 471. The lowest BCUT2D eigenvalue weighted by Crippen LogP contribution is -2.09. The van der Waals surface area contributed by atoms with E-state index >= 15 is 0 Å². The first kappa shape index (κ1) is 13.3. The molecule has 19 heavy (non-hydrogen) atoms. The van der Waals surface area contributed by atoms with Crippen LogP contribution in [0, 0.1) is 0 Å². The van der Waals surface area contributed by atoms with Crippen LogP contribution in [0.5, 0.6) is 6.01 Å². The molecule has 0 aromatic carbocycles. The largest absolute Gasteiger partial charge is 0.463 e. The fourth-order valence-electron chi connectivity index (χ4n) is 1.52. The summed E-state index contributed by atoms with van der Waals surface area (Å²) >= 11 is 0. The van der Waals surface area contributed by atoms with Gasteiger partial charge in [0.25, 0.3) is 0 Å². The molecule has 0 spiro atoms. The third-order valence-electron chi connectivity index (χ3n) is 2.42. The lowest BCUT2D eigenvalue weighted by atomic mass is 10.4. The quantitative estimate of drug-likeness (QED) is 0.800. The number of aromatic nitrogens is 4. The molecule has 102 valence electrons. The Kier molecular flexibility index (Phi) is 4.72. The minimum Gasteiger partial charge on any atom is -0.463 e. The zero-order valence-corrected chi connectivity index (χ0v) is 11.3. The van der Waals surface area contributed by atoms with Crippen LogP contribution in [0.4, 0.5) is 5.95 Å². The first-order valence-electron chi connectivity index (χ1n) is 6.60. The molecule has 0 fully saturated rings. The van der Waals surface area contributed by atoms with Gasteiger partial charge in [-0.2, -0.15) is 15.0 Å². The molecule has 0 aliphatic heterocycles. The number of hydrogen-bond donors (Lipinski definition) is 2. The Labute approximate surface area is 112 Å². The van der Waals surface area contributed by atoms with Crippen molar-refractivity contribution < 1.29 is 4.74 Å². The summed E-state index contributed by atoms with van der Waals surface area (Å²) in [7, 11) is 0. The van der Waals surface area contributed by atoms with Crippen molar-refractivity contribution in [3.63, 3.8) is 0 Å². The highest BCUT2D eigenvalue weighted by Gasteiger charge is 2.09. The first-order valence-corrected chi connectivity index (χ1v) is 6.60. The third kappa shape index (κ3) is 3.67. The Morgan fingerprint density at radius 2 is 2.11 bits per heavy atom. The van der Waals surface area contributed by atoms with Crippen molar-refractivity contribution in [2.75, 3.05) is 18.5 Å². The van der Waals surface area contributed by atoms with Gasteiger partial charge in [0.15, 0.2) is 5.82 Å². The predicted octanol–water partition coefficient (Wildman–Crippen LogP) is 2.48. The van der Waals surface area contributed by atoms with Crippen molar-refractivity contribution >= 4 is 5.95 Å². The van der Waals surface area contributed by atoms with E-state index in [1.807, 2.05) is 25.3 Å². The van der Waals surface area contributed by atoms with Crippen molar-refractivity contribution in [2.24, 2.45) is 0 Å². The normalized spacial score (nSPS) is 10.4. The zero-order valence-electron chi connectivity index (χ0n) is 11.3. The van der Waals surface area contributed by atoms with Crippen LogP contribution in [0.25, 0.3) is 11.5 Å². The second-order valence-corrected chi connectivity index (χ2v) is 4.12. The summed E-state index contributed by atoms with van der Waals surface area (Å²) in [6, 6.07) is 4.19. The van der Waals surface area contributed by atoms with Gasteiger partial charge in [-0.05, 0) is 25.0 Å². The van der Waals surface area contributed by atoms with E-state index in [4.69, 9.17) is 4.74 Å². The van der Waals surface area contributed by atoms with E-state index in [2.05, 4.69) is 32.2 Å². The number of anilines is 1. The van der Waals surface area contributed by atoms with Crippen molar-refractivity contribution in [1.29, 1.82) is 0 Å². The number of nitrogens with one attached hydrogen (secondary N) is 2. The molecule has 2 aromatic rings. The van der Waals surface area contributed by atoms with E-state index in [0.29, 0.717) is 24.4 Å². The topological polar surface area (TPSA) is 75.7 Å². The highest BCUT2D eigenvalue weighted by Crippen LogP contribution is 2.17. The Morgan fingerprint density at radius 3 is 2.79 bits per heavy atom. The zero-order chi connectivity index (χ0) is 13.5. The fourth-order valence-corrected chi connectivity index (χ4v) is 1.52. The molecular weight excluding hydrogens is 242 g/mol. The van der Waals surface area contributed by atoms with Crippen molar-refractivity contribution in [3.05, 3.63) is 18.3 Å². The van der Waals surface area contributed by atoms with E-state index in [1.165, 1.54) is 0 Å². The van der Waals surface area contributed by atoms with E-state index in [9.17, 15) is 0 Å². The summed E-state index contributed by atoms with van der Waals surface area (Å²) in [4.78, 5) is 16.0. The van der Waals surface area contributed by atoms with Gasteiger partial charge in [0, 0.05) is 12.7 Å². The third-order valence-corrected chi connectivity index (χ3v) is 2.42. The minimum atomic E-state index is 0.361. The van der Waals surface area contributed by atoms with Crippen LogP contribution in [-0.2, 0) is 0 Å². The van der Waals surface area contributed by atoms with Crippen LogP contribution < -0.4 is 10.1 Å². The van der Waals surface area contributed by atoms with Crippen LogP contribution in [0.3, 0.4) is 0 Å². The maximum Gasteiger partial charge on any atom is 0.321 e. The van der Waals surface area contributed by atoms with Crippen LogP contribution in [0.1, 0.15) is 26.7 Å². The van der Waals surface area contributed by atoms with Gasteiger partial charge in [0.2, 0.25) is 5.95 Å². The van der Waals surface area contributed by atoms with E-state index in [0.717, 1.165) is 25.1 Å². The summed E-state index contributed by atoms with van der Waals surface area (Å²) in [5, 5.41) is 3.16. The molecule has 0 aliphatic carbocycles. The van der Waals surface area contributed by atoms with E-state index in [-0.39, 0.29) is 0 Å².